The summed E-state index contributed by atoms with van der Waals surface area (Å²) in [5, 5.41) is 2.52. The van der Waals surface area contributed by atoms with Gasteiger partial charge in [0.2, 0.25) is 3.79 Å². The number of pyridine rings is 1. The highest BCUT2D eigenvalue weighted by Gasteiger charge is 2.27. The van der Waals surface area contributed by atoms with E-state index in [2.05, 4.69) is 10.3 Å². The number of amides is 2. The van der Waals surface area contributed by atoms with Gasteiger partial charge >= 0.3 is 24.1 Å². The monoisotopic (exact) mass is 701 g/mol. The molecule has 15 heteroatoms. The van der Waals surface area contributed by atoms with E-state index in [1.165, 1.54) is 30.2 Å². The van der Waals surface area contributed by atoms with Crippen molar-refractivity contribution in [2.75, 3.05) is 31.3 Å². The lowest BCUT2D eigenvalue weighted by Gasteiger charge is -2.22. The Morgan fingerprint density at radius 3 is 2.28 bits per heavy atom. The van der Waals surface area contributed by atoms with Crippen molar-refractivity contribution in [1.29, 1.82) is 0 Å². The maximum atomic E-state index is 12.8. The topological polar surface area (TPSA) is 150 Å². The van der Waals surface area contributed by atoms with Crippen molar-refractivity contribution in [1.82, 2.24) is 10.3 Å². The summed E-state index contributed by atoms with van der Waals surface area (Å²) in [6.45, 7) is 8.36. The number of carbonyl (C=O) groups is 5. The highest BCUT2D eigenvalue weighted by atomic mass is 35.6. The summed E-state index contributed by atoms with van der Waals surface area (Å²) in [7, 11) is 0. The van der Waals surface area contributed by atoms with Gasteiger partial charge in [-0.3, -0.25) is 14.5 Å². The second-order valence-corrected chi connectivity index (χ2v) is 13.8. The van der Waals surface area contributed by atoms with Crippen LogP contribution in [-0.4, -0.2) is 71.1 Å². The van der Waals surface area contributed by atoms with E-state index in [9.17, 15) is 24.0 Å². The van der Waals surface area contributed by atoms with Crippen LogP contribution >= 0.6 is 34.8 Å². The standard InChI is InChI=1S/C31H38Cl3N3O9/c1-6-43-27(40)23(36-28(41)44-18-30(3,4)5)17-21-12-13-24(22(16-21)20(2)38)46-26(39)11-9-15-37(25-10-7-8-14-35-25)29(42)45-19-31(32,33)34/h7-8,10,12-14,16,23H,6,9,11,15,17-19H2,1-5H3,(H,36,41). The summed E-state index contributed by atoms with van der Waals surface area (Å²) in [5.41, 5.74) is 0.310. The van der Waals surface area contributed by atoms with Crippen LogP contribution in [0.3, 0.4) is 0 Å². The van der Waals surface area contributed by atoms with Crippen molar-refractivity contribution in [3.63, 3.8) is 0 Å². The number of Topliss-reactive ketones (excluding diaryl/α,β-unsaturated/α-hetero) is 1. The maximum absolute atomic E-state index is 12.8. The van der Waals surface area contributed by atoms with E-state index in [1.54, 1.807) is 31.2 Å². The van der Waals surface area contributed by atoms with Gasteiger partial charge in [0.25, 0.3) is 0 Å². The molecule has 2 aromatic rings. The molecular weight excluding hydrogens is 665 g/mol. The van der Waals surface area contributed by atoms with Gasteiger partial charge in [-0.2, -0.15) is 0 Å². The molecule has 0 fully saturated rings. The fourth-order valence-corrected chi connectivity index (χ4v) is 3.96. The van der Waals surface area contributed by atoms with Gasteiger partial charge in [0.05, 0.1) is 18.8 Å². The third-order valence-electron chi connectivity index (χ3n) is 5.85. The summed E-state index contributed by atoms with van der Waals surface area (Å²) < 4.78 is 19.1. The number of aromatic nitrogens is 1. The van der Waals surface area contributed by atoms with E-state index in [4.69, 9.17) is 53.8 Å². The Balaban J connectivity index is 2.10. The molecule has 0 radical (unpaired) electrons. The minimum Gasteiger partial charge on any atom is -0.464 e. The van der Waals surface area contributed by atoms with Crippen molar-refractivity contribution in [3.8, 4) is 5.75 Å². The average Bonchev–Trinajstić information content (AvgIpc) is 2.97. The predicted octanol–water partition coefficient (Wildman–Crippen LogP) is 6.23. The molecule has 12 nitrogen and oxygen atoms in total. The Bertz CT molecular complexity index is 1360. The van der Waals surface area contributed by atoms with Crippen molar-refractivity contribution in [3.05, 3.63) is 53.7 Å². The van der Waals surface area contributed by atoms with Crippen LogP contribution in [-0.2, 0) is 30.2 Å². The molecule has 1 aromatic carbocycles. The third-order valence-corrected chi connectivity index (χ3v) is 6.18. The molecule has 46 heavy (non-hydrogen) atoms. The Morgan fingerprint density at radius 2 is 1.70 bits per heavy atom. The number of halogens is 3. The number of alkyl halides is 3. The lowest BCUT2D eigenvalue weighted by molar-refractivity contribution is -0.145. The minimum absolute atomic E-state index is 0.00940. The summed E-state index contributed by atoms with van der Waals surface area (Å²) >= 11 is 17.1. The van der Waals surface area contributed by atoms with Gasteiger partial charge in [0, 0.05) is 25.6 Å². The van der Waals surface area contributed by atoms with Gasteiger partial charge in [0.1, 0.15) is 24.2 Å². The first-order valence-corrected chi connectivity index (χ1v) is 15.5. The van der Waals surface area contributed by atoms with Crippen molar-refractivity contribution >= 4 is 70.5 Å². The van der Waals surface area contributed by atoms with Gasteiger partial charge in [-0.15, -0.1) is 0 Å². The van der Waals surface area contributed by atoms with Crippen molar-refractivity contribution < 1.29 is 42.9 Å². The molecule has 1 atom stereocenters. The second kappa shape index (κ2) is 17.9. The van der Waals surface area contributed by atoms with Crippen LogP contribution in [0.4, 0.5) is 15.4 Å². The molecule has 0 aliphatic carbocycles. The molecule has 0 aliphatic rings. The molecule has 0 aliphatic heterocycles. The van der Waals surface area contributed by atoms with Crippen LogP contribution in [0, 0.1) is 5.41 Å². The Morgan fingerprint density at radius 1 is 0.978 bits per heavy atom. The molecule has 0 bridgehead atoms. The lowest BCUT2D eigenvalue weighted by atomic mass is 9.99. The summed E-state index contributed by atoms with van der Waals surface area (Å²) in [5.74, 6) is -1.47. The van der Waals surface area contributed by atoms with Crippen molar-refractivity contribution in [2.45, 2.75) is 63.7 Å². The van der Waals surface area contributed by atoms with Gasteiger partial charge in [-0.25, -0.2) is 19.4 Å². The van der Waals surface area contributed by atoms with Crippen LogP contribution in [0.1, 0.15) is 63.4 Å². The smallest absolute Gasteiger partial charge is 0.415 e. The SMILES string of the molecule is CCOC(=O)C(Cc1ccc(OC(=O)CCCN(C(=O)OCC(Cl)(Cl)Cl)c2ccccn2)c(C(C)=O)c1)NC(=O)OCC(C)(C)C. The van der Waals surface area contributed by atoms with Gasteiger partial charge in [-0.05, 0) is 55.5 Å². The molecule has 2 rings (SSSR count). The number of carbonyl (C=O) groups excluding carboxylic acids is 5. The number of hydrogen-bond acceptors (Lipinski definition) is 10. The van der Waals surface area contributed by atoms with Crippen LogP contribution in [0.2, 0.25) is 0 Å². The zero-order valence-electron chi connectivity index (χ0n) is 26.3. The molecule has 0 saturated heterocycles. The highest BCUT2D eigenvalue weighted by Crippen LogP contribution is 2.27. The fraction of sp³-hybridized carbons (Fsp3) is 0.484. The zero-order chi connectivity index (χ0) is 34.5. The molecule has 1 unspecified atom stereocenters. The first kappa shape index (κ1) is 38.6. The predicted molar refractivity (Wildman–Crippen MR) is 173 cm³/mol. The fourth-order valence-electron chi connectivity index (χ4n) is 3.80. The number of alkyl carbamates (subject to hydrolysis) is 1. The van der Waals surface area contributed by atoms with E-state index in [0.29, 0.717) is 5.56 Å². The molecule has 0 saturated carbocycles. The maximum Gasteiger partial charge on any atom is 0.415 e. The number of ether oxygens (including phenoxy) is 4. The van der Waals surface area contributed by atoms with Crippen LogP contribution < -0.4 is 15.0 Å². The van der Waals surface area contributed by atoms with Crippen LogP contribution in [0.15, 0.2) is 42.6 Å². The average molecular weight is 703 g/mol. The lowest BCUT2D eigenvalue weighted by Crippen LogP contribution is -2.44. The number of ketones is 1. The zero-order valence-corrected chi connectivity index (χ0v) is 28.5. The van der Waals surface area contributed by atoms with E-state index >= 15 is 0 Å². The summed E-state index contributed by atoms with van der Waals surface area (Å²) in [6, 6.07) is 8.28. The van der Waals surface area contributed by atoms with E-state index in [-0.39, 0.29) is 61.6 Å². The molecule has 252 valence electrons. The molecule has 1 aromatic heterocycles. The van der Waals surface area contributed by atoms with Crippen LogP contribution in [0.5, 0.6) is 5.75 Å². The second-order valence-electron chi connectivity index (χ2n) is 11.3. The van der Waals surface area contributed by atoms with Gasteiger partial charge < -0.3 is 24.3 Å². The third kappa shape index (κ3) is 14.2. The number of hydrogen-bond donors (Lipinski definition) is 1. The highest BCUT2D eigenvalue weighted by molar-refractivity contribution is 6.67. The molecule has 2 amide bonds. The Hall–Kier alpha value is -3.61. The Kier molecular flexibility index (Phi) is 15.0. The number of rotatable bonds is 14. The molecular formula is C31H38Cl3N3O9. The first-order valence-electron chi connectivity index (χ1n) is 14.4. The van der Waals surface area contributed by atoms with Crippen molar-refractivity contribution in [2.24, 2.45) is 5.41 Å². The molecule has 0 spiro atoms. The number of anilines is 1. The first-order chi connectivity index (χ1) is 21.5. The van der Waals surface area contributed by atoms with E-state index in [0.717, 1.165) is 0 Å². The van der Waals surface area contributed by atoms with E-state index in [1.807, 2.05) is 20.8 Å². The quantitative estimate of drug-likeness (QED) is 0.0789. The largest absolute Gasteiger partial charge is 0.464 e. The minimum atomic E-state index is -1.81. The Labute approximate surface area is 282 Å². The number of nitrogens with zero attached hydrogens (tertiary/aromatic N) is 2. The van der Waals surface area contributed by atoms with Crippen LogP contribution in [0.25, 0.3) is 0 Å². The van der Waals surface area contributed by atoms with E-state index < -0.39 is 46.3 Å². The summed E-state index contributed by atoms with van der Waals surface area (Å²) in [4.78, 5) is 68.2. The summed E-state index contributed by atoms with van der Waals surface area (Å²) in [6.07, 6.45) is -0.141. The molecule has 1 N–H and O–H groups in total. The number of benzene rings is 1. The number of nitrogens with one attached hydrogen (secondary N) is 1. The van der Waals surface area contributed by atoms with Gasteiger partial charge in [-0.1, -0.05) is 67.7 Å². The molecule has 1 heterocycles. The van der Waals surface area contributed by atoms with Gasteiger partial charge in [0.15, 0.2) is 5.78 Å². The normalized spacial score (nSPS) is 12.0. The number of esters is 2.